The monoisotopic (exact) mass is 306 g/mol. The summed E-state index contributed by atoms with van der Waals surface area (Å²) in [6.45, 7) is 5.96. The highest BCUT2D eigenvalue weighted by molar-refractivity contribution is 5.80. The van der Waals surface area contributed by atoms with Crippen molar-refractivity contribution in [3.05, 3.63) is 24.3 Å². The summed E-state index contributed by atoms with van der Waals surface area (Å²) in [5.74, 6) is 0.990. The smallest absolute Gasteiger partial charge is 0.241 e. The summed E-state index contributed by atoms with van der Waals surface area (Å²) in [7, 11) is 0. The van der Waals surface area contributed by atoms with E-state index >= 15 is 0 Å². The zero-order valence-electron chi connectivity index (χ0n) is 13.3. The SMILES string of the molecule is CCOCCOc1ccc(NCC(=O)N2CCCCC2)cc1. The summed E-state index contributed by atoms with van der Waals surface area (Å²) in [6, 6.07) is 7.66. The van der Waals surface area contributed by atoms with Crippen LogP contribution in [0.4, 0.5) is 5.69 Å². The number of carbonyl (C=O) groups is 1. The Morgan fingerprint density at radius 1 is 1.14 bits per heavy atom. The van der Waals surface area contributed by atoms with Gasteiger partial charge in [-0.15, -0.1) is 0 Å². The molecule has 1 aromatic rings. The van der Waals surface area contributed by atoms with Crippen molar-refractivity contribution in [1.29, 1.82) is 0 Å². The highest BCUT2D eigenvalue weighted by atomic mass is 16.5. The number of hydrogen-bond donors (Lipinski definition) is 1. The molecule has 0 radical (unpaired) electrons. The number of ether oxygens (including phenoxy) is 2. The molecule has 1 aliphatic rings. The number of anilines is 1. The summed E-state index contributed by atoms with van der Waals surface area (Å²) in [4.78, 5) is 14.0. The lowest BCUT2D eigenvalue weighted by Gasteiger charge is -2.26. The van der Waals surface area contributed by atoms with Crippen LogP contribution in [0, 0.1) is 0 Å². The maximum atomic E-state index is 12.1. The maximum absolute atomic E-state index is 12.1. The second kappa shape index (κ2) is 9.30. The number of piperidine rings is 1. The Kier molecular flexibility index (Phi) is 7.03. The van der Waals surface area contributed by atoms with Gasteiger partial charge in [0.25, 0.3) is 0 Å². The van der Waals surface area contributed by atoms with E-state index in [0.29, 0.717) is 26.4 Å². The van der Waals surface area contributed by atoms with Crippen molar-refractivity contribution >= 4 is 11.6 Å². The van der Waals surface area contributed by atoms with Crippen molar-refractivity contribution in [3.63, 3.8) is 0 Å². The van der Waals surface area contributed by atoms with Gasteiger partial charge < -0.3 is 19.7 Å². The van der Waals surface area contributed by atoms with Crippen LogP contribution in [-0.4, -0.2) is 50.3 Å². The lowest BCUT2D eigenvalue weighted by molar-refractivity contribution is -0.130. The van der Waals surface area contributed by atoms with Crippen molar-refractivity contribution in [2.24, 2.45) is 0 Å². The third-order valence-corrected chi connectivity index (χ3v) is 3.71. The summed E-state index contributed by atoms with van der Waals surface area (Å²) < 4.78 is 10.8. The van der Waals surface area contributed by atoms with Gasteiger partial charge in [0.05, 0.1) is 13.2 Å². The fourth-order valence-electron chi connectivity index (χ4n) is 2.46. The largest absolute Gasteiger partial charge is 0.491 e. The number of carbonyl (C=O) groups excluding carboxylic acids is 1. The highest BCUT2D eigenvalue weighted by Crippen LogP contribution is 2.16. The van der Waals surface area contributed by atoms with Gasteiger partial charge in [-0.05, 0) is 50.5 Å². The molecule has 0 unspecified atom stereocenters. The third-order valence-electron chi connectivity index (χ3n) is 3.71. The van der Waals surface area contributed by atoms with E-state index in [1.54, 1.807) is 0 Å². The van der Waals surface area contributed by atoms with E-state index in [0.717, 1.165) is 37.4 Å². The Balaban J connectivity index is 1.70. The van der Waals surface area contributed by atoms with Gasteiger partial charge in [0.2, 0.25) is 5.91 Å². The van der Waals surface area contributed by atoms with Crippen LogP contribution in [0.2, 0.25) is 0 Å². The van der Waals surface area contributed by atoms with Crippen molar-refractivity contribution in [3.8, 4) is 5.75 Å². The lowest BCUT2D eigenvalue weighted by atomic mass is 10.1. The molecular formula is C17H26N2O3. The molecule has 5 heteroatoms. The summed E-state index contributed by atoms with van der Waals surface area (Å²) in [5.41, 5.74) is 0.933. The van der Waals surface area contributed by atoms with E-state index < -0.39 is 0 Å². The summed E-state index contributed by atoms with van der Waals surface area (Å²) in [6.07, 6.45) is 3.49. The van der Waals surface area contributed by atoms with Gasteiger partial charge in [-0.2, -0.15) is 0 Å². The molecule has 0 aliphatic carbocycles. The molecule has 1 N–H and O–H groups in total. The zero-order valence-corrected chi connectivity index (χ0v) is 13.3. The molecule has 1 fully saturated rings. The second-order valence-electron chi connectivity index (χ2n) is 5.36. The van der Waals surface area contributed by atoms with E-state index in [2.05, 4.69) is 5.32 Å². The molecule has 0 saturated carbocycles. The van der Waals surface area contributed by atoms with Gasteiger partial charge in [0.1, 0.15) is 12.4 Å². The molecule has 22 heavy (non-hydrogen) atoms. The molecule has 1 saturated heterocycles. The van der Waals surface area contributed by atoms with Gasteiger partial charge in [-0.1, -0.05) is 0 Å². The quantitative estimate of drug-likeness (QED) is 0.750. The van der Waals surface area contributed by atoms with E-state index in [4.69, 9.17) is 9.47 Å². The molecule has 0 atom stereocenters. The Hall–Kier alpha value is -1.75. The number of nitrogens with one attached hydrogen (secondary N) is 1. The van der Waals surface area contributed by atoms with Crippen LogP contribution in [0.5, 0.6) is 5.75 Å². The van der Waals surface area contributed by atoms with Crippen LogP contribution < -0.4 is 10.1 Å². The molecule has 0 aromatic heterocycles. The standard InChI is InChI=1S/C17H26N2O3/c1-2-21-12-13-22-16-8-6-15(7-9-16)18-14-17(20)19-10-4-3-5-11-19/h6-9,18H,2-5,10-14H2,1H3. The van der Waals surface area contributed by atoms with Gasteiger partial charge in [-0.25, -0.2) is 0 Å². The van der Waals surface area contributed by atoms with Crippen molar-refractivity contribution in [2.75, 3.05) is 44.8 Å². The van der Waals surface area contributed by atoms with Crippen molar-refractivity contribution in [1.82, 2.24) is 4.90 Å². The number of benzene rings is 1. The van der Waals surface area contributed by atoms with Crippen LogP contribution in [0.1, 0.15) is 26.2 Å². The van der Waals surface area contributed by atoms with Crippen LogP contribution in [0.15, 0.2) is 24.3 Å². The lowest BCUT2D eigenvalue weighted by Crippen LogP contribution is -2.39. The number of likely N-dealkylation sites (tertiary alicyclic amines) is 1. The Bertz CT molecular complexity index is 442. The minimum atomic E-state index is 0.178. The summed E-state index contributed by atoms with van der Waals surface area (Å²) in [5, 5.41) is 3.17. The second-order valence-corrected chi connectivity index (χ2v) is 5.36. The average Bonchev–Trinajstić information content (AvgIpc) is 2.58. The van der Waals surface area contributed by atoms with Crippen LogP contribution in [0.3, 0.4) is 0 Å². The topological polar surface area (TPSA) is 50.8 Å². The molecule has 122 valence electrons. The fourth-order valence-corrected chi connectivity index (χ4v) is 2.46. The molecule has 1 aromatic carbocycles. The van der Waals surface area contributed by atoms with Gasteiger partial charge >= 0.3 is 0 Å². The van der Waals surface area contributed by atoms with Crippen molar-refractivity contribution in [2.45, 2.75) is 26.2 Å². The van der Waals surface area contributed by atoms with Crippen LogP contribution >= 0.6 is 0 Å². The van der Waals surface area contributed by atoms with E-state index in [1.807, 2.05) is 36.1 Å². The molecule has 5 nitrogen and oxygen atoms in total. The first-order valence-corrected chi connectivity index (χ1v) is 8.12. The number of rotatable bonds is 8. The first-order chi connectivity index (χ1) is 10.8. The predicted octanol–water partition coefficient (Wildman–Crippen LogP) is 2.53. The predicted molar refractivity (Wildman–Crippen MR) is 87.4 cm³/mol. The summed E-state index contributed by atoms with van der Waals surface area (Å²) >= 11 is 0. The maximum Gasteiger partial charge on any atom is 0.241 e. The Labute approximate surface area is 132 Å². The minimum Gasteiger partial charge on any atom is -0.491 e. The van der Waals surface area contributed by atoms with Crippen LogP contribution in [-0.2, 0) is 9.53 Å². The highest BCUT2D eigenvalue weighted by Gasteiger charge is 2.15. The van der Waals surface area contributed by atoms with E-state index in [-0.39, 0.29) is 5.91 Å². The van der Waals surface area contributed by atoms with Crippen molar-refractivity contribution < 1.29 is 14.3 Å². The average molecular weight is 306 g/mol. The first-order valence-electron chi connectivity index (χ1n) is 8.12. The molecular weight excluding hydrogens is 280 g/mol. The van der Waals surface area contributed by atoms with E-state index in [1.165, 1.54) is 6.42 Å². The molecule has 0 bridgehead atoms. The number of nitrogens with zero attached hydrogens (tertiary/aromatic N) is 1. The third kappa shape index (κ3) is 5.56. The zero-order chi connectivity index (χ0) is 15.6. The van der Waals surface area contributed by atoms with Crippen LogP contribution in [0.25, 0.3) is 0 Å². The van der Waals surface area contributed by atoms with Gasteiger partial charge in [-0.3, -0.25) is 4.79 Å². The normalized spacial score (nSPS) is 14.7. The Morgan fingerprint density at radius 3 is 2.55 bits per heavy atom. The molecule has 0 spiro atoms. The molecule has 1 heterocycles. The number of amides is 1. The van der Waals surface area contributed by atoms with E-state index in [9.17, 15) is 4.79 Å². The molecule has 2 rings (SSSR count). The first kappa shape index (κ1) is 16.6. The molecule has 1 amide bonds. The Morgan fingerprint density at radius 2 is 1.86 bits per heavy atom. The van der Waals surface area contributed by atoms with Gasteiger partial charge in [0.15, 0.2) is 0 Å². The fraction of sp³-hybridized carbons (Fsp3) is 0.588. The van der Waals surface area contributed by atoms with Gasteiger partial charge in [0, 0.05) is 25.4 Å². The minimum absolute atomic E-state index is 0.178. The number of hydrogen-bond acceptors (Lipinski definition) is 4. The molecule has 1 aliphatic heterocycles.